The van der Waals surface area contributed by atoms with Crippen molar-refractivity contribution in [2.45, 2.75) is 38.5 Å². The molecule has 0 unspecified atom stereocenters. The van der Waals surface area contributed by atoms with Gasteiger partial charge in [0.2, 0.25) is 10.0 Å². The third-order valence-electron chi connectivity index (χ3n) is 4.87. The van der Waals surface area contributed by atoms with Crippen molar-refractivity contribution < 1.29 is 8.42 Å². The molecule has 0 atom stereocenters. The Bertz CT molecular complexity index is 754. The normalized spacial score (nSPS) is 15.8. The molecule has 2 rings (SSSR count). The van der Waals surface area contributed by atoms with Gasteiger partial charge in [-0.25, -0.2) is 12.7 Å². The minimum atomic E-state index is -3.13. The number of aliphatic imine (C=N–C) groups is 1. The van der Waals surface area contributed by atoms with E-state index >= 15 is 0 Å². The minimum Gasteiger partial charge on any atom is -0.357 e. The van der Waals surface area contributed by atoms with E-state index in [4.69, 9.17) is 16.6 Å². The van der Waals surface area contributed by atoms with Crippen LogP contribution in [0.1, 0.15) is 38.7 Å². The van der Waals surface area contributed by atoms with Gasteiger partial charge in [0.15, 0.2) is 5.96 Å². The van der Waals surface area contributed by atoms with E-state index in [9.17, 15) is 8.42 Å². The lowest BCUT2D eigenvalue weighted by molar-refractivity contribution is 0.424. The van der Waals surface area contributed by atoms with Gasteiger partial charge in [0.1, 0.15) is 0 Å². The number of nitrogens with one attached hydrogen (secondary N) is 2. The number of nitrogens with zero attached hydrogens (tertiary/aromatic N) is 2. The number of guanidine groups is 1. The Morgan fingerprint density at radius 2 is 2.00 bits per heavy atom. The van der Waals surface area contributed by atoms with Gasteiger partial charge in [0, 0.05) is 36.6 Å². The number of hydrogen-bond acceptors (Lipinski definition) is 3. The van der Waals surface area contributed by atoms with Crippen molar-refractivity contribution in [2.24, 2.45) is 4.99 Å². The van der Waals surface area contributed by atoms with E-state index in [1.54, 1.807) is 0 Å². The molecule has 1 fully saturated rings. The summed E-state index contributed by atoms with van der Waals surface area (Å²) in [5, 5.41) is 7.33. The van der Waals surface area contributed by atoms with E-state index in [1.807, 2.05) is 32.0 Å². The summed E-state index contributed by atoms with van der Waals surface area (Å²) in [5.41, 5.74) is 1.35. The van der Waals surface area contributed by atoms with Crippen LogP contribution in [0.3, 0.4) is 0 Å². The zero-order valence-corrected chi connectivity index (χ0v) is 20.8. The summed E-state index contributed by atoms with van der Waals surface area (Å²) in [6.07, 6.45) is 4.22. The van der Waals surface area contributed by atoms with Crippen molar-refractivity contribution in [3.05, 3.63) is 34.9 Å². The standard InChI is InChI=1S/C19H31ClN4O2S.HI/c1-4-21-18(22-12-7-13-24(5-2)27(3,25)26)23-15-19(10-11-19)16-8-6-9-17(20)14-16;/h6,8-9,14H,4-5,7,10-13,15H2,1-3H3,(H2,21,22,23);1H. The van der Waals surface area contributed by atoms with Crippen LogP contribution in [0, 0.1) is 0 Å². The van der Waals surface area contributed by atoms with Crippen molar-refractivity contribution in [2.75, 3.05) is 39.0 Å². The molecular weight excluding hydrogens is 511 g/mol. The van der Waals surface area contributed by atoms with E-state index in [1.165, 1.54) is 16.1 Å². The van der Waals surface area contributed by atoms with E-state index in [0.29, 0.717) is 26.2 Å². The van der Waals surface area contributed by atoms with E-state index < -0.39 is 10.0 Å². The van der Waals surface area contributed by atoms with Gasteiger partial charge in [-0.15, -0.1) is 24.0 Å². The number of halogens is 2. The Kier molecular flexibility index (Phi) is 10.5. The molecule has 0 heterocycles. The average Bonchev–Trinajstić information content (AvgIpc) is 3.39. The Morgan fingerprint density at radius 3 is 2.54 bits per heavy atom. The largest absolute Gasteiger partial charge is 0.357 e. The molecule has 1 aromatic carbocycles. The Hall–Kier alpha value is -0.580. The maximum absolute atomic E-state index is 11.6. The first-order valence-corrected chi connectivity index (χ1v) is 11.8. The van der Waals surface area contributed by atoms with Gasteiger partial charge in [0.05, 0.1) is 12.8 Å². The van der Waals surface area contributed by atoms with Crippen LogP contribution in [-0.2, 0) is 15.4 Å². The van der Waals surface area contributed by atoms with Crippen LogP contribution in [0.25, 0.3) is 0 Å². The van der Waals surface area contributed by atoms with Crippen LogP contribution in [0.5, 0.6) is 0 Å². The molecule has 0 amide bonds. The highest BCUT2D eigenvalue weighted by molar-refractivity contribution is 14.0. The molecule has 2 N–H and O–H groups in total. The van der Waals surface area contributed by atoms with Crippen LogP contribution in [-0.4, -0.2) is 57.7 Å². The van der Waals surface area contributed by atoms with Crippen molar-refractivity contribution in [3.63, 3.8) is 0 Å². The van der Waals surface area contributed by atoms with E-state index in [2.05, 4.69) is 16.7 Å². The maximum atomic E-state index is 11.6. The fraction of sp³-hybridized carbons (Fsp3) is 0.632. The molecule has 1 saturated carbocycles. The monoisotopic (exact) mass is 542 g/mol. The summed E-state index contributed by atoms with van der Waals surface area (Å²) in [4.78, 5) is 4.76. The summed E-state index contributed by atoms with van der Waals surface area (Å²) >= 11 is 6.14. The molecule has 1 aliphatic rings. The van der Waals surface area contributed by atoms with Crippen molar-refractivity contribution in [3.8, 4) is 0 Å². The van der Waals surface area contributed by atoms with Crippen molar-refractivity contribution in [1.82, 2.24) is 14.9 Å². The highest BCUT2D eigenvalue weighted by atomic mass is 127. The van der Waals surface area contributed by atoms with Gasteiger partial charge in [0.25, 0.3) is 0 Å². The van der Waals surface area contributed by atoms with Gasteiger partial charge in [-0.05, 0) is 43.9 Å². The van der Waals surface area contributed by atoms with Gasteiger partial charge in [-0.1, -0.05) is 30.7 Å². The zero-order chi connectivity index (χ0) is 19.9. The molecule has 9 heteroatoms. The Labute approximate surface area is 191 Å². The number of sulfonamides is 1. The molecule has 160 valence electrons. The number of benzene rings is 1. The summed E-state index contributed by atoms with van der Waals surface area (Å²) in [6.45, 7) is 7.05. The molecule has 6 nitrogen and oxygen atoms in total. The second kappa shape index (κ2) is 11.6. The van der Waals surface area contributed by atoms with Gasteiger partial charge >= 0.3 is 0 Å². The first-order valence-electron chi connectivity index (χ1n) is 9.54. The molecular formula is C19H32ClIN4O2S. The second-order valence-corrected chi connectivity index (χ2v) is 9.44. The highest BCUT2D eigenvalue weighted by Crippen LogP contribution is 2.48. The molecule has 0 saturated heterocycles. The number of hydrogen-bond donors (Lipinski definition) is 2. The first-order chi connectivity index (χ1) is 12.8. The van der Waals surface area contributed by atoms with Crippen LogP contribution in [0.15, 0.2) is 29.3 Å². The van der Waals surface area contributed by atoms with Gasteiger partial charge in [-0.2, -0.15) is 0 Å². The second-order valence-electron chi connectivity index (χ2n) is 7.02. The molecule has 0 spiro atoms. The number of rotatable bonds is 10. The lowest BCUT2D eigenvalue weighted by Crippen LogP contribution is -2.40. The average molecular weight is 543 g/mol. The predicted octanol–water partition coefficient (Wildman–Crippen LogP) is 3.22. The topological polar surface area (TPSA) is 73.8 Å². The lowest BCUT2D eigenvalue weighted by atomic mass is 9.96. The molecule has 28 heavy (non-hydrogen) atoms. The van der Waals surface area contributed by atoms with E-state index in [0.717, 1.165) is 36.8 Å². The third kappa shape index (κ3) is 7.68. The van der Waals surface area contributed by atoms with Crippen LogP contribution in [0.2, 0.25) is 5.02 Å². The smallest absolute Gasteiger partial charge is 0.211 e. The van der Waals surface area contributed by atoms with Crippen LogP contribution >= 0.6 is 35.6 Å². The minimum absolute atomic E-state index is 0. The Balaban J connectivity index is 0.00000392. The molecule has 0 bridgehead atoms. The van der Waals surface area contributed by atoms with Crippen LogP contribution < -0.4 is 10.6 Å². The van der Waals surface area contributed by atoms with Crippen molar-refractivity contribution >= 4 is 51.6 Å². The zero-order valence-electron chi connectivity index (χ0n) is 16.9. The first kappa shape index (κ1) is 25.5. The molecule has 0 aliphatic heterocycles. The van der Waals surface area contributed by atoms with Crippen LogP contribution in [0.4, 0.5) is 0 Å². The summed E-state index contributed by atoms with van der Waals surface area (Å²) in [6, 6.07) is 8.05. The quantitative estimate of drug-likeness (QED) is 0.206. The van der Waals surface area contributed by atoms with Gasteiger partial charge < -0.3 is 10.6 Å². The van der Waals surface area contributed by atoms with Gasteiger partial charge in [-0.3, -0.25) is 4.99 Å². The SMILES string of the molecule is CCNC(=NCC1(c2cccc(Cl)c2)CC1)NCCCN(CC)S(C)(=O)=O.I. The molecule has 0 radical (unpaired) electrons. The fourth-order valence-electron chi connectivity index (χ4n) is 3.10. The summed E-state index contributed by atoms with van der Waals surface area (Å²) in [5.74, 6) is 0.771. The summed E-state index contributed by atoms with van der Waals surface area (Å²) < 4.78 is 24.7. The third-order valence-corrected chi connectivity index (χ3v) is 6.49. The molecule has 1 aromatic rings. The lowest BCUT2D eigenvalue weighted by Gasteiger charge is -2.19. The molecule has 0 aromatic heterocycles. The highest BCUT2D eigenvalue weighted by Gasteiger charge is 2.44. The van der Waals surface area contributed by atoms with E-state index in [-0.39, 0.29) is 29.4 Å². The summed E-state index contributed by atoms with van der Waals surface area (Å²) in [7, 11) is -3.13. The Morgan fingerprint density at radius 1 is 1.29 bits per heavy atom. The van der Waals surface area contributed by atoms with Crippen molar-refractivity contribution in [1.29, 1.82) is 0 Å². The molecule has 1 aliphatic carbocycles. The maximum Gasteiger partial charge on any atom is 0.211 e. The predicted molar refractivity (Wildman–Crippen MR) is 128 cm³/mol. The fourth-order valence-corrected chi connectivity index (χ4v) is 4.22.